The zero-order chi connectivity index (χ0) is 19.1. The zero-order valence-corrected chi connectivity index (χ0v) is 15.2. The zero-order valence-electron chi connectivity index (χ0n) is 14.4. The maximum atomic E-state index is 12.1. The molecule has 2 aromatic carbocycles. The van der Waals surface area contributed by atoms with E-state index >= 15 is 0 Å². The Hall–Kier alpha value is -3.19. The van der Waals surface area contributed by atoms with E-state index in [-0.39, 0.29) is 24.8 Å². The summed E-state index contributed by atoms with van der Waals surface area (Å²) >= 11 is 5.80. The third-order valence-electron chi connectivity index (χ3n) is 3.77. The van der Waals surface area contributed by atoms with Gasteiger partial charge >= 0.3 is 0 Å². The quantitative estimate of drug-likeness (QED) is 0.656. The highest BCUT2D eigenvalue weighted by molar-refractivity contribution is 6.30. The van der Waals surface area contributed by atoms with Crippen LogP contribution in [0, 0.1) is 0 Å². The van der Waals surface area contributed by atoms with Crippen molar-refractivity contribution in [2.24, 2.45) is 0 Å². The third-order valence-corrected chi connectivity index (χ3v) is 4.02. The van der Waals surface area contributed by atoms with Crippen molar-refractivity contribution in [2.45, 2.75) is 13.0 Å². The first-order valence-electron chi connectivity index (χ1n) is 8.35. The standard InChI is InChI=1S/C19H18ClN5O2/c20-16-6-4-15(5-7-16)19(27)22-9-8-18(26)24-17-3-1-2-14(10-17)11-25-13-21-12-23-25/h1-7,10,12-13H,8-9,11H2,(H,22,27)(H,24,26). The Balaban J connectivity index is 1.46. The van der Waals surface area contributed by atoms with Crippen molar-refractivity contribution in [3.8, 4) is 0 Å². The average molecular weight is 384 g/mol. The number of nitrogens with zero attached hydrogens (tertiary/aromatic N) is 3. The number of carbonyl (C=O) groups is 2. The molecule has 27 heavy (non-hydrogen) atoms. The van der Waals surface area contributed by atoms with Gasteiger partial charge in [0.1, 0.15) is 12.7 Å². The highest BCUT2D eigenvalue weighted by Gasteiger charge is 2.07. The molecular weight excluding hydrogens is 366 g/mol. The first-order valence-corrected chi connectivity index (χ1v) is 8.73. The van der Waals surface area contributed by atoms with Gasteiger partial charge in [-0.2, -0.15) is 5.10 Å². The maximum Gasteiger partial charge on any atom is 0.251 e. The number of carbonyl (C=O) groups excluding carboxylic acids is 2. The lowest BCUT2D eigenvalue weighted by molar-refractivity contribution is -0.116. The normalized spacial score (nSPS) is 10.4. The van der Waals surface area contributed by atoms with Crippen LogP contribution in [0.15, 0.2) is 61.2 Å². The average Bonchev–Trinajstić information content (AvgIpc) is 3.15. The van der Waals surface area contributed by atoms with E-state index in [4.69, 9.17) is 11.6 Å². The molecule has 2 amide bonds. The minimum atomic E-state index is -0.241. The van der Waals surface area contributed by atoms with Crippen molar-refractivity contribution < 1.29 is 9.59 Å². The summed E-state index contributed by atoms with van der Waals surface area (Å²) in [5.41, 5.74) is 2.19. The summed E-state index contributed by atoms with van der Waals surface area (Å²) in [6, 6.07) is 14.1. The van der Waals surface area contributed by atoms with Crippen LogP contribution in [0.25, 0.3) is 0 Å². The first kappa shape index (κ1) is 18.6. The molecule has 0 spiro atoms. The molecule has 0 unspecified atom stereocenters. The van der Waals surface area contributed by atoms with E-state index in [0.717, 1.165) is 5.56 Å². The van der Waals surface area contributed by atoms with Crippen LogP contribution < -0.4 is 10.6 Å². The molecule has 0 fully saturated rings. The second kappa shape index (κ2) is 8.95. The molecule has 0 aliphatic rings. The number of benzene rings is 2. The molecule has 0 radical (unpaired) electrons. The van der Waals surface area contributed by atoms with Gasteiger partial charge in [0.05, 0.1) is 6.54 Å². The summed E-state index contributed by atoms with van der Waals surface area (Å²) in [5.74, 6) is -0.418. The molecule has 138 valence electrons. The number of amides is 2. The van der Waals surface area contributed by atoms with Gasteiger partial charge in [-0.3, -0.25) is 9.59 Å². The fourth-order valence-corrected chi connectivity index (χ4v) is 2.59. The van der Waals surface area contributed by atoms with E-state index in [2.05, 4.69) is 20.7 Å². The molecule has 0 atom stereocenters. The third kappa shape index (κ3) is 5.65. The van der Waals surface area contributed by atoms with Crippen LogP contribution in [0.5, 0.6) is 0 Å². The van der Waals surface area contributed by atoms with Crippen LogP contribution in [0.2, 0.25) is 5.02 Å². The van der Waals surface area contributed by atoms with Crippen LogP contribution in [-0.2, 0) is 11.3 Å². The molecule has 7 nitrogen and oxygen atoms in total. The van der Waals surface area contributed by atoms with E-state index < -0.39 is 0 Å². The van der Waals surface area contributed by atoms with E-state index in [1.54, 1.807) is 35.3 Å². The van der Waals surface area contributed by atoms with Crippen LogP contribution in [0.4, 0.5) is 5.69 Å². The van der Waals surface area contributed by atoms with Gasteiger partial charge in [0.2, 0.25) is 5.91 Å². The van der Waals surface area contributed by atoms with Gasteiger partial charge in [-0.25, -0.2) is 9.67 Å². The van der Waals surface area contributed by atoms with Crippen molar-refractivity contribution >= 4 is 29.1 Å². The molecule has 0 saturated heterocycles. The predicted octanol–water partition coefficient (Wildman–Crippen LogP) is 2.74. The number of hydrogen-bond acceptors (Lipinski definition) is 4. The van der Waals surface area contributed by atoms with Crippen LogP contribution in [-0.4, -0.2) is 33.1 Å². The van der Waals surface area contributed by atoms with Gasteiger partial charge in [-0.1, -0.05) is 23.7 Å². The highest BCUT2D eigenvalue weighted by atomic mass is 35.5. The molecular formula is C19H18ClN5O2. The minimum absolute atomic E-state index is 0.173. The van der Waals surface area contributed by atoms with Crippen LogP contribution in [0.1, 0.15) is 22.3 Å². The molecule has 3 rings (SSSR count). The topological polar surface area (TPSA) is 88.9 Å². The number of aromatic nitrogens is 3. The number of halogens is 1. The van der Waals surface area contributed by atoms with Crippen molar-refractivity contribution in [2.75, 3.05) is 11.9 Å². The van der Waals surface area contributed by atoms with Crippen LogP contribution in [0.3, 0.4) is 0 Å². The monoisotopic (exact) mass is 383 g/mol. The molecule has 2 N–H and O–H groups in total. The molecule has 0 saturated carbocycles. The Kier molecular flexibility index (Phi) is 6.17. The van der Waals surface area contributed by atoms with Crippen molar-refractivity contribution in [1.29, 1.82) is 0 Å². The fraction of sp³-hybridized carbons (Fsp3) is 0.158. The van der Waals surface area contributed by atoms with E-state index in [1.807, 2.05) is 24.3 Å². The molecule has 1 aromatic heterocycles. The molecule has 0 aliphatic carbocycles. The van der Waals surface area contributed by atoms with E-state index in [1.165, 1.54) is 6.33 Å². The van der Waals surface area contributed by atoms with Gasteiger partial charge in [-0.05, 0) is 42.0 Å². The number of nitrogens with one attached hydrogen (secondary N) is 2. The minimum Gasteiger partial charge on any atom is -0.352 e. The second-order valence-corrected chi connectivity index (χ2v) is 6.29. The summed E-state index contributed by atoms with van der Waals surface area (Å²) < 4.78 is 1.70. The summed E-state index contributed by atoms with van der Waals surface area (Å²) in [4.78, 5) is 28.0. The lowest BCUT2D eigenvalue weighted by atomic mass is 10.2. The SMILES string of the molecule is O=C(CCNC(=O)c1ccc(Cl)cc1)Nc1cccc(Cn2cncn2)c1. The second-order valence-electron chi connectivity index (χ2n) is 5.85. The fourth-order valence-electron chi connectivity index (χ4n) is 2.47. The molecule has 8 heteroatoms. The van der Waals surface area contributed by atoms with Gasteiger partial charge < -0.3 is 10.6 Å². The largest absolute Gasteiger partial charge is 0.352 e. The lowest BCUT2D eigenvalue weighted by Crippen LogP contribution is -2.27. The molecule has 3 aromatic rings. The maximum absolute atomic E-state index is 12.1. The van der Waals surface area contributed by atoms with Gasteiger partial charge in [0.25, 0.3) is 5.91 Å². The summed E-state index contributed by atoms with van der Waals surface area (Å²) in [5, 5.41) is 10.2. The molecule has 1 heterocycles. The predicted molar refractivity (Wildman–Crippen MR) is 103 cm³/mol. The number of hydrogen-bond donors (Lipinski definition) is 2. The molecule has 0 aliphatic heterocycles. The first-order chi connectivity index (χ1) is 13.1. The Morgan fingerprint density at radius 2 is 1.93 bits per heavy atom. The number of anilines is 1. The summed E-state index contributed by atoms with van der Waals surface area (Å²) in [6.45, 7) is 0.812. The smallest absolute Gasteiger partial charge is 0.251 e. The summed E-state index contributed by atoms with van der Waals surface area (Å²) in [7, 11) is 0. The van der Waals surface area contributed by atoms with Crippen LogP contribution >= 0.6 is 11.6 Å². The Bertz CT molecular complexity index is 910. The van der Waals surface area contributed by atoms with Crippen molar-refractivity contribution in [3.63, 3.8) is 0 Å². The van der Waals surface area contributed by atoms with E-state index in [0.29, 0.717) is 22.8 Å². The Morgan fingerprint density at radius 1 is 1.11 bits per heavy atom. The van der Waals surface area contributed by atoms with Crippen molar-refractivity contribution in [3.05, 3.63) is 77.3 Å². The Morgan fingerprint density at radius 3 is 2.67 bits per heavy atom. The highest BCUT2D eigenvalue weighted by Crippen LogP contribution is 2.12. The molecule has 0 bridgehead atoms. The van der Waals surface area contributed by atoms with Crippen molar-refractivity contribution in [1.82, 2.24) is 20.1 Å². The van der Waals surface area contributed by atoms with E-state index in [9.17, 15) is 9.59 Å². The van der Waals surface area contributed by atoms with Gasteiger partial charge in [0.15, 0.2) is 0 Å². The van der Waals surface area contributed by atoms with Gasteiger partial charge in [0, 0.05) is 29.2 Å². The summed E-state index contributed by atoms with van der Waals surface area (Å²) in [6.07, 6.45) is 3.28. The number of rotatable bonds is 7. The Labute approximate surface area is 161 Å². The lowest BCUT2D eigenvalue weighted by Gasteiger charge is -2.08. The van der Waals surface area contributed by atoms with Gasteiger partial charge in [-0.15, -0.1) is 0 Å².